The van der Waals surface area contributed by atoms with Gasteiger partial charge < -0.3 is 10.5 Å². The fourth-order valence-electron chi connectivity index (χ4n) is 3.17. The maximum Gasteiger partial charge on any atom is 0.200 e. The lowest BCUT2D eigenvalue weighted by molar-refractivity contribution is 0.0508. The van der Waals surface area contributed by atoms with Gasteiger partial charge in [0.1, 0.15) is 5.69 Å². The summed E-state index contributed by atoms with van der Waals surface area (Å²) in [6, 6.07) is 5.49. The number of ether oxygens (including phenoxy) is 1. The molecule has 0 fully saturated rings. The van der Waals surface area contributed by atoms with Crippen LogP contribution in [-0.2, 0) is 4.74 Å². The Morgan fingerprint density at radius 1 is 1.35 bits per heavy atom. The summed E-state index contributed by atoms with van der Waals surface area (Å²) in [5, 5.41) is 7.37. The molecule has 3 N–H and O–H groups in total. The molecule has 0 saturated carbocycles. The Labute approximate surface area is 133 Å². The van der Waals surface area contributed by atoms with Crippen molar-refractivity contribution in [2.45, 2.75) is 18.9 Å². The van der Waals surface area contributed by atoms with E-state index in [-0.39, 0.29) is 11.4 Å². The summed E-state index contributed by atoms with van der Waals surface area (Å²) in [4.78, 5) is 12.8. The monoisotopic (exact) mass is 307 g/mol. The van der Waals surface area contributed by atoms with Crippen LogP contribution >= 0.6 is 0 Å². The van der Waals surface area contributed by atoms with E-state index in [0.717, 1.165) is 23.3 Å². The second-order valence-corrected chi connectivity index (χ2v) is 6.13. The molecule has 0 spiro atoms. The van der Waals surface area contributed by atoms with Crippen LogP contribution < -0.4 is 5.73 Å². The van der Waals surface area contributed by atoms with Crippen molar-refractivity contribution in [3.63, 3.8) is 0 Å². The molecule has 1 aromatic heterocycles. The summed E-state index contributed by atoms with van der Waals surface area (Å²) in [5.74, 6) is -0.0637. The van der Waals surface area contributed by atoms with E-state index in [1.807, 2.05) is 31.2 Å². The van der Waals surface area contributed by atoms with Crippen LogP contribution in [0.3, 0.4) is 0 Å². The highest BCUT2D eigenvalue weighted by Crippen LogP contribution is 2.42. The SMILES string of the molecule is COC1(C)C=CC(c2n[nH]c3c2C(=O)c2c(N)cccc2-3)=CC1. The molecule has 2 aromatic rings. The molecule has 0 radical (unpaired) electrons. The molecule has 0 amide bonds. The maximum absolute atomic E-state index is 12.8. The van der Waals surface area contributed by atoms with Crippen LogP contribution in [-0.4, -0.2) is 28.7 Å². The third-order valence-electron chi connectivity index (χ3n) is 4.67. The van der Waals surface area contributed by atoms with E-state index >= 15 is 0 Å². The molecule has 1 heterocycles. The lowest BCUT2D eigenvalue weighted by atomic mass is 9.91. The summed E-state index contributed by atoms with van der Waals surface area (Å²) >= 11 is 0. The number of aromatic nitrogens is 2. The number of nitrogens with two attached hydrogens (primary N) is 1. The van der Waals surface area contributed by atoms with Gasteiger partial charge in [-0.3, -0.25) is 9.89 Å². The van der Waals surface area contributed by atoms with Crippen LogP contribution in [0, 0.1) is 0 Å². The minimum atomic E-state index is -0.305. The van der Waals surface area contributed by atoms with Crippen LogP contribution in [0.4, 0.5) is 5.69 Å². The van der Waals surface area contributed by atoms with Crippen molar-refractivity contribution in [2.75, 3.05) is 12.8 Å². The number of nitrogens with one attached hydrogen (secondary N) is 1. The number of rotatable bonds is 2. The number of carbonyl (C=O) groups excluding carboxylic acids is 1. The number of nitrogen functional groups attached to an aromatic ring is 1. The number of ketones is 1. The average molecular weight is 307 g/mol. The number of H-pyrrole nitrogens is 1. The zero-order chi connectivity index (χ0) is 16.2. The number of aromatic amines is 1. The molecule has 0 aliphatic heterocycles. The molecule has 2 aliphatic carbocycles. The van der Waals surface area contributed by atoms with E-state index < -0.39 is 0 Å². The van der Waals surface area contributed by atoms with Gasteiger partial charge in [-0.05, 0) is 25.0 Å². The first-order valence-electron chi connectivity index (χ1n) is 7.51. The molecule has 0 saturated heterocycles. The van der Waals surface area contributed by atoms with Gasteiger partial charge in [0, 0.05) is 18.4 Å². The highest BCUT2D eigenvalue weighted by atomic mass is 16.5. The van der Waals surface area contributed by atoms with Gasteiger partial charge in [0.25, 0.3) is 0 Å². The molecule has 1 atom stereocenters. The lowest BCUT2D eigenvalue weighted by Gasteiger charge is -2.26. The van der Waals surface area contributed by atoms with Gasteiger partial charge in [0.15, 0.2) is 5.78 Å². The van der Waals surface area contributed by atoms with Crippen LogP contribution in [0.1, 0.15) is 35.0 Å². The zero-order valence-corrected chi connectivity index (χ0v) is 13.0. The van der Waals surface area contributed by atoms with Crippen molar-refractivity contribution in [2.24, 2.45) is 0 Å². The predicted octanol–water partition coefficient (Wildman–Crippen LogP) is 2.95. The van der Waals surface area contributed by atoms with Gasteiger partial charge in [-0.15, -0.1) is 0 Å². The first-order chi connectivity index (χ1) is 11.0. The lowest BCUT2D eigenvalue weighted by Crippen LogP contribution is -2.25. The predicted molar refractivity (Wildman–Crippen MR) is 89.0 cm³/mol. The molecule has 1 unspecified atom stereocenters. The number of nitrogens with zero attached hydrogens (tertiary/aromatic N) is 1. The van der Waals surface area contributed by atoms with E-state index in [0.29, 0.717) is 22.5 Å². The van der Waals surface area contributed by atoms with Gasteiger partial charge in [-0.25, -0.2) is 0 Å². The molecule has 1 aromatic carbocycles. The maximum atomic E-state index is 12.8. The van der Waals surface area contributed by atoms with Crippen LogP contribution in [0.5, 0.6) is 0 Å². The summed E-state index contributed by atoms with van der Waals surface area (Å²) in [7, 11) is 1.69. The molecular weight excluding hydrogens is 290 g/mol. The average Bonchev–Trinajstić information content (AvgIpc) is 3.10. The second-order valence-electron chi connectivity index (χ2n) is 6.13. The fourth-order valence-corrected chi connectivity index (χ4v) is 3.17. The summed E-state index contributed by atoms with van der Waals surface area (Å²) in [6.07, 6.45) is 6.76. The number of benzene rings is 1. The van der Waals surface area contributed by atoms with Gasteiger partial charge in [-0.1, -0.05) is 30.4 Å². The Kier molecular flexibility index (Phi) is 2.83. The molecule has 5 nitrogen and oxygen atoms in total. The molecule has 2 aliphatic rings. The number of carbonyl (C=O) groups is 1. The second kappa shape index (κ2) is 4.67. The van der Waals surface area contributed by atoms with Crippen LogP contribution in [0.25, 0.3) is 16.8 Å². The zero-order valence-electron chi connectivity index (χ0n) is 13.0. The Bertz CT molecular complexity index is 892. The van der Waals surface area contributed by atoms with Gasteiger partial charge >= 0.3 is 0 Å². The molecule has 116 valence electrons. The number of hydrogen-bond acceptors (Lipinski definition) is 4. The summed E-state index contributed by atoms with van der Waals surface area (Å²) < 4.78 is 5.48. The van der Waals surface area contributed by atoms with E-state index in [2.05, 4.69) is 16.3 Å². The molecular formula is C18H17N3O2. The van der Waals surface area contributed by atoms with E-state index in [1.54, 1.807) is 13.2 Å². The van der Waals surface area contributed by atoms with Crippen molar-refractivity contribution >= 4 is 17.0 Å². The third kappa shape index (κ3) is 1.90. The Morgan fingerprint density at radius 2 is 2.17 bits per heavy atom. The van der Waals surface area contributed by atoms with E-state index in [4.69, 9.17) is 10.5 Å². The number of hydrogen-bond donors (Lipinski definition) is 2. The largest absolute Gasteiger partial charge is 0.398 e. The standard InChI is InChI=1S/C18H17N3O2/c1-18(23-2)8-6-10(7-9-18)15-14-16(21-20-15)11-4-3-5-12(19)13(11)17(14)22/h3-8H,9,19H2,1-2H3,(H,20,21). The highest BCUT2D eigenvalue weighted by molar-refractivity contribution is 6.25. The third-order valence-corrected chi connectivity index (χ3v) is 4.67. The normalized spacial score (nSPS) is 22.0. The first kappa shape index (κ1) is 14.0. The smallest absolute Gasteiger partial charge is 0.200 e. The fraction of sp³-hybridized carbons (Fsp3) is 0.222. The topological polar surface area (TPSA) is 81.0 Å². The van der Waals surface area contributed by atoms with Crippen LogP contribution in [0.2, 0.25) is 0 Å². The number of allylic oxidation sites excluding steroid dienone is 2. The molecule has 23 heavy (non-hydrogen) atoms. The van der Waals surface area contributed by atoms with Gasteiger partial charge in [-0.2, -0.15) is 5.10 Å². The molecule has 5 heteroatoms. The summed E-state index contributed by atoms with van der Waals surface area (Å²) in [5.41, 5.74) is 10.5. The number of anilines is 1. The van der Waals surface area contributed by atoms with Gasteiger partial charge in [0.2, 0.25) is 0 Å². The summed E-state index contributed by atoms with van der Waals surface area (Å²) in [6.45, 7) is 2.02. The number of fused-ring (bicyclic) bond motifs is 3. The van der Waals surface area contributed by atoms with Gasteiger partial charge in [0.05, 0.1) is 22.4 Å². The van der Waals surface area contributed by atoms with Crippen molar-refractivity contribution in [1.82, 2.24) is 10.2 Å². The van der Waals surface area contributed by atoms with Crippen molar-refractivity contribution in [3.8, 4) is 11.3 Å². The Balaban J connectivity index is 1.80. The highest BCUT2D eigenvalue weighted by Gasteiger charge is 2.35. The Morgan fingerprint density at radius 3 is 2.87 bits per heavy atom. The van der Waals surface area contributed by atoms with Crippen molar-refractivity contribution < 1.29 is 9.53 Å². The van der Waals surface area contributed by atoms with Crippen molar-refractivity contribution in [3.05, 3.63) is 53.2 Å². The van der Waals surface area contributed by atoms with E-state index in [9.17, 15) is 4.79 Å². The Hall–Kier alpha value is -2.66. The number of methoxy groups -OCH3 is 1. The minimum Gasteiger partial charge on any atom is -0.398 e. The van der Waals surface area contributed by atoms with Crippen molar-refractivity contribution in [1.29, 1.82) is 0 Å². The molecule has 4 rings (SSSR count). The quantitative estimate of drug-likeness (QED) is 0.713. The molecule has 0 bridgehead atoms. The van der Waals surface area contributed by atoms with Crippen LogP contribution in [0.15, 0.2) is 36.4 Å². The first-order valence-corrected chi connectivity index (χ1v) is 7.51. The minimum absolute atomic E-state index is 0.0637. The van der Waals surface area contributed by atoms with E-state index in [1.165, 1.54) is 0 Å².